The molecule has 0 aliphatic carbocycles. The van der Waals surface area contributed by atoms with Crippen LogP contribution >= 0.6 is 0 Å². The van der Waals surface area contributed by atoms with Crippen molar-refractivity contribution >= 4 is 21.5 Å². The van der Waals surface area contributed by atoms with E-state index in [0.717, 1.165) is 21.9 Å². The molecule has 23 heavy (non-hydrogen) atoms. The lowest BCUT2D eigenvalue weighted by atomic mass is 10.0. The Labute approximate surface area is 135 Å². The quantitative estimate of drug-likeness (QED) is 0.437. The third-order valence-electron chi connectivity index (χ3n) is 4.03. The van der Waals surface area contributed by atoms with Crippen molar-refractivity contribution in [3.05, 3.63) is 78.0 Å². The molecule has 0 saturated carbocycles. The first-order valence-electron chi connectivity index (χ1n) is 7.73. The van der Waals surface area contributed by atoms with E-state index in [0.29, 0.717) is 5.88 Å². The molecule has 0 aliphatic heterocycles. The van der Waals surface area contributed by atoms with E-state index in [1.807, 2.05) is 18.2 Å². The minimum Gasteiger partial charge on any atom is -0.438 e. The van der Waals surface area contributed by atoms with Gasteiger partial charge in [-0.05, 0) is 59.3 Å². The summed E-state index contributed by atoms with van der Waals surface area (Å²) >= 11 is 0. The highest BCUT2D eigenvalue weighted by atomic mass is 16.5. The highest BCUT2D eigenvalue weighted by Crippen LogP contribution is 2.34. The summed E-state index contributed by atoms with van der Waals surface area (Å²) in [4.78, 5) is 4.49. The normalized spacial score (nSPS) is 11.0. The van der Waals surface area contributed by atoms with E-state index in [2.05, 4.69) is 61.3 Å². The lowest BCUT2D eigenvalue weighted by molar-refractivity contribution is 0.469. The van der Waals surface area contributed by atoms with Crippen molar-refractivity contribution in [3.8, 4) is 11.6 Å². The van der Waals surface area contributed by atoms with Gasteiger partial charge in [0.25, 0.3) is 0 Å². The van der Waals surface area contributed by atoms with Crippen molar-refractivity contribution in [2.45, 2.75) is 13.8 Å². The molecule has 2 nitrogen and oxygen atoms in total. The second-order valence-corrected chi connectivity index (χ2v) is 5.93. The van der Waals surface area contributed by atoms with E-state index in [9.17, 15) is 0 Å². The van der Waals surface area contributed by atoms with E-state index >= 15 is 0 Å². The molecule has 0 atom stereocenters. The van der Waals surface area contributed by atoms with Crippen LogP contribution < -0.4 is 4.74 Å². The van der Waals surface area contributed by atoms with Crippen molar-refractivity contribution in [2.24, 2.45) is 0 Å². The van der Waals surface area contributed by atoms with E-state index in [4.69, 9.17) is 4.74 Å². The van der Waals surface area contributed by atoms with E-state index in [1.54, 1.807) is 6.20 Å². The van der Waals surface area contributed by atoms with Crippen LogP contribution in [0.15, 0.2) is 66.9 Å². The molecule has 3 aromatic carbocycles. The maximum Gasteiger partial charge on any atom is 0.227 e. The van der Waals surface area contributed by atoms with Crippen LogP contribution in [0.1, 0.15) is 11.1 Å². The van der Waals surface area contributed by atoms with Crippen molar-refractivity contribution in [1.82, 2.24) is 4.98 Å². The number of aromatic nitrogens is 1. The van der Waals surface area contributed by atoms with Gasteiger partial charge in [-0.3, -0.25) is 0 Å². The van der Waals surface area contributed by atoms with Crippen molar-refractivity contribution in [2.75, 3.05) is 0 Å². The van der Waals surface area contributed by atoms with Crippen LogP contribution in [0.4, 0.5) is 0 Å². The third kappa shape index (κ3) is 2.53. The molecule has 0 unspecified atom stereocenters. The summed E-state index contributed by atoms with van der Waals surface area (Å²) in [6.45, 7) is 4.15. The second kappa shape index (κ2) is 5.40. The largest absolute Gasteiger partial charge is 0.438 e. The second-order valence-electron chi connectivity index (χ2n) is 5.93. The minimum atomic E-state index is 0.657. The third-order valence-corrected chi connectivity index (χ3v) is 4.03. The zero-order valence-corrected chi connectivity index (χ0v) is 13.2. The molecule has 4 rings (SSSR count). The summed E-state index contributed by atoms with van der Waals surface area (Å²) < 4.78 is 6.15. The molecule has 0 saturated heterocycles. The lowest BCUT2D eigenvalue weighted by Crippen LogP contribution is -1.91. The molecule has 0 aliphatic rings. The molecule has 0 spiro atoms. The highest BCUT2D eigenvalue weighted by molar-refractivity contribution is 6.09. The predicted molar refractivity (Wildman–Crippen MR) is 95.2 cm³/mol. The van der Waals surface area contributed by atoms with Crippen molar-refractivity contribution in [1.29, 1.82) is 0 Å². The summed E-state index contributed by atoms with van der Waals surface area (Å²) in [5.74, 6) is 1.49. The Kier molecular flexibility index (Phi) is 3.23. The van der Waals surface area contributed by atoms with E-state index in [1.165, 1.54) is 16.5 Å². The number of benzene rings is 3. The summed E-state index contributed by atoms with van der Waals surface area (Å²) in [6, 6.07) is 20.8. The number of fused-ring (bicyclic) bond motifs is 3. The van der Waals surface area contributed by atoms with Gasteiger partial charge in [-0.2, -0.15) is 0 Å². The molecule has 2 heteroatoms. The fourth-order valence-electron chi connectivity index (χ4n) is 3.10. The van der Waals surface area contributed by atoms with Gasteiger partial charge in [0.2, 0.25) is 5.88 Å². The molecule has 0 radical (unpaired) electrons. The minimum absolute atomic E-state index is 0.657. The SMILES string of the molecule is Cc1cc(C)cc(Oc2nccc3ccc4ccccc4c23)c1. The van der Waals surface area contributed by atoms with Crippen LogP contribution in [0.2, 0.25) is 0 Å². The smallest absolute Gasteiger partial charge is 0.227 e. The van der Waals surface area contributed by atoms with Crippen molar-refractivity contribution in [3.63, 3.8) is 0 Å². The first-order valence-corrected chi connectivity index (χ1v) is 7.73. The van der Waals surface area contributed by atoms with Crippen LogP contribution in [-0.4, -0.2) is 4.98 Å². The zero-order valence-electron chi connectivity index (χ0n) is 13.2. The van der Waals surface area contributed by atoms with Gasteiger partial charge < -0.3 is 4.74 Å². The fourth-order valence-corrected chi connectivity index (χ4v) is 3.10. The number of hydrogen-bond donors (Lipinski definition) is 0. The molecule has 0 N–H and O–H groups in total. The number of hydrogen-bond acceptors (Lipinski definition) is 2. The Morgan fingerprint density at radius 3 is 2.35 bits per heavy atom. The summed E-state index contributed by atoms with van der Waals surface area (Å²) in [5.41, 5.74) is 2.37. The number of nitrogens with zero attached hydrogens (tertiary/aromatic N) is 1. The van der Waals surface area contributed by atoms with Gasteiger partial charge in [0.1, 0.15) is 5.75 Å². The molecule has 1 heterocycles. The summed E-state index contributed by atoms with van der Waals surface area (Å²) in [5, 5.41) is 4.55. The van der Waals surface area contributed by atoms with Crippen LogP contribution in [0, 0.1) is 13.8 Å². The molecule has 0 bridgehead atoms. The molecule has 1 aromatic heterocycles. The maximum absolute atomic E-state index is 6.15. The number of aryl methyl sites for hydroxylation is 2. The van der Waals surface area contributed by atoms with Gasteiger partial charge in [-0.1, -0.05) is 42.5 Å². The fraction of sp³-hybridized carbons (Fsp3) is 0.0952. The molecular weight excluding hydrogens is 282 g/mol. The Morgan fingerprint density at radius 2 is 1.52 bits per heavy atom. The van der Waals surface area contributed by atoms with Gasteiger partial charge in [0, 0.05) is 6.20 Å². The summed E-state index contributed by atoms with van der Waals surface area (Å²) in [7, 11) is 0. The Morgan fingerprint density at radius 1 is 0.783 bits per heavy atom. The average Bonchev–Trinajstić information content (AvgIpc) is 2.54. The first-order chi connectivity index (χ1) is 11.2. The molecule has 112 valence electrons. The number of ether oxygens (including phenoxy) is 1. The monoisotopic (exact) mass is 299 g/mol. The first kappa shape index (κ1) is 13.8. The van der Waals surface area contributed by atoms with Crippen LogP contribution in [0.25, 0.3) is 21.5 Å². The van der Waals surface area contributed by atoms with E-state index < -0.39 is 0 Å². The number of pyridine rings is 1. The van der Waals surface area contributed by atoms with Crippen LogP contribution in [0.3, 0.4) is 0 Å². The van der Waals surface area contributed by atoms with Gasteiger partial charge in [0.15, 0.2) is 0 Å². The van der Waals surface area contributed by atoms with Gasteiger partial charge in [-0.15, -0.1) is 0 Å². The van der Waals surface area contributed by atoms with E-state index in [-0.39, 0.29) is 0 Å². The average molecular weight is 299 g/mol. The Bertz CT molecular complexity index is 1000. The molecular formula is C21H17NO. The van der Waals surface area contributed by atoms with Gasteiger partial charge in [-0.25, -0.2) is 4.98 Å². The zero-order chi connectivity index (χ0) is 15.8. The van der Waals surface area contributed by atoms with Crippen LogP contribution in [-0.2, 0) is 0 Å². The van der Waals surface area contributed by atoms with Crippen molar-refractivity contribution < 1.29 is 4.74 Å². The Hall–Kier alpha value is -2.87. The lowest BCUT2D eigenvalue weighted by Gasteiger charge is -2.11. The Balaban J connectivity index is 1.94. The standard InChI is InChI=1S/C21H17NO/c1-14-11-15(2)13-18(12-14)23-21-20-17(9-10-22-21)8-7-16-5-3-4-6-19(16)20/h3-13H,1-2H3. The molecule has 0 fully saturated rings. The predicted octanol–water partition coefficient (Wildman–Crippen LogP) is 5.80. The topological polar surface area (TPSA) is 22.1 Å². The van der Waals surface area contributed by atoms with Crippen LogP contribution in [0.5, 0.6) is 11.6 Å². The molecule has 4 aromatic rings. The molecule has 0 amide bonds. The summed E-state index contributed by atoms with van der Waals surface area (Å²) in [6.07, 6.45) is 1.80. The van der Waals surface area contributed by atoms with Gasteiger partial charge >= 0.3 is 0 Å². The highest BCUT2D eigenvalue weighted by Gasteiger charge is 2.09. The number of rotatable bonds is 2. The maximum atomic E-state index is 6.15. The van der Waals surface area contributed by atoms with Gasteiger partial charge in [0.05, 0.1) is 5.39 Å².